The van der Waals surface area contributed by atoms with Crippen LogP contribution < -0.4 is 4.90 Å². The number of halogens is 2. The molecule has 0 radical (unpaired) electrons. The molecular formula is C16H11ClFNO3S. The van der Waals surface area contributed by atoms with Crippen molar-refractivity contribution in [2.45, 2.75) is 11.4 Å². The number of carbonyl (C=O) groups excluding carboxylic acids is 1. The van der Waals surface area contributed by atoms with Gasteiger partial charge in [0.25, 0.3) is 0 Å². The van der Waals surface area contributed by atoms with E-state index in [0.29, 0.717) is 11.3 Å². The molecule has 0 unspecified atom stereocenters. The van der Waals surface area contributed by atoms with Crippen molar-refractivity contribution in [2.24, 2.45) is 0 Å². The van der Waals surface area contributed by atoms with Crippen molar-refractivity contribution >= 4 is 40.9 Å². The highest BCUT2D eigenvalue weighted by Crippen LogP contribution is 2.37. The number of rotatable bonds is 3. The molecule has 4 nitrogen and oxygen atoms in total. The van der Waals surface area contributed by atoms with Crippen LogP contribution in [0, 0.1) is 5.82 Å². The highest BCUT2D eigenvalue weighted by Gasteiger charge is 2.26. The average molecular weight is 352 g/mol. The largest absolute Gasteiger partial charge is 0.478 e. The zero-order chi connectivity index (χ0) is 16.6. The smallest absolute Gasteiger partial charge is 0.335 e. The number of amides is 1. The molecule has 0 aliphatic carbocycles. The fourth-order valence-corrected chi connectivity index (χ4v) is 3.47. The lowest BCUT2D eigenvalue weighted by Gasteiger charge is -2.29. The summed E-state index contributed by atoms with van der Waals surface area (Å²) in [7, 11) is 0. The van der Waals surface area contributed by atoms with Crippen molar-refractivity contribution in [3.63, 3.8) is 0 Å². The predicted molar refractivity (Wildman–Crippen MR) is 86.7 cm³/mol. The van der Waals surface area contributed by atoms with Crippen molar-refractivity contribution in [1.82, 2.24) is 0 Å². The summed E-state index contributed by atoms with van der Waals surface area (Å²) < 4.78 is 13.1. The Morgan fingerprint density at radius 3 is 2.78 bits per heavy atom. The van der Waals surface area contributed by atoms with Gasteiger partial charge in [-0.05, 0) is 35.9 Å². The van der Waals surface area contributed by atoms with Gasteiger partial charge in [-0.3, -0.25) is 4.79 Å². The van der Waals surface area contributed by atoms with Gasteiger partial charge in [0.05, 0.1) is 23.5 Å². The standard InChI is InChI=1S/C16H11ClFNO3S/c17-12-6-11(18)3-1-10(12)7-19-13-5-9(16(21)22)2-4-14(13)23-8-15(19)20/h1-6H,7-8H2,(H,21,22). The van der Waals surface area contributed by atoms with E-state index in [0.717, 1.165) is 4.90 Å². The summed E-state index contributed by atoms with van der Waals surface area (Å²) in [5, 5.41) is 9.36. The summed E-state index contributed by atoms with van der Waals surface area (Å²) >= 11 is 7.39. The molecule has 0 saturated carbocycles. The quantitative estimate of drug-likeness (QED) is 0.913. The van der Waals surface area contributed by atoms with Gasteiger partial charge in [0.15, 0.2) is 0 Å². The third-order valence-corrected chi connectivity index (χ3v) is 4.89. The first kappa shape index (κ1) is 15.8. The first-order chi connectivity index (χ1) is 11.0. The minimum absolute atomic E-state index is 0.106. The number of carboxylic acids is 1. The molecule has 2 aromatic rings. The van der Waals surface area contributed by atoms with Gasteiger partial charge in [0.2, 0.25) is 5.91 Å². The van der Waals surface area contributed by atoms with Crippen LogP contribution in [0.25, 0.3) is 0 Å². The number of carbonyl (C=O) groups is 2. The summed E-state index contributed by atoms with van der Waals surface area (Å²) in [6.07, 6.45) is 0. The highest BCUT2D eigenvalue weighted by molar-refractivity contribution is 8.00. The Labute approximate surface area is 140 Å². The number of fused-ring (bicyclic) bond motifs is 1. The molecule has 1 aliphatic rings. The van der Waals surface area contributed by atoms with Crippen LogP contribution in [0.15, 0.2) is 41.3 Å². The van der Waals surface area contributed by atoms with Gasteiger partial charge in [0.1, 0.15) is 5.82 Å². The fraction of sp³-hybridized carbons (Fsp3) is 0.125. The van der Waals surface area contributed by atoms with E-state index in [1.165, 1.54) is 47.0 Å². The van der Waals surface area contributed by atoms with Crippen molar-refractivity contribution < 1.29 is 19.1 Å². The van der Waals surface area contributed by atoms with Gasteiger partial charge in [0, 0.05) is 9.92 Å². The molecular weight excluding hydrogens is 341 g/mol. The Bertz CT molecular complexity index is 812. The summed E-state index contributed by atoms with van der Waals surface area (Å²) in [5.74, 6) is -1.40. The Balaban J connectivity index is 2.00. The van der Waals surface area contributed by atoms with Crippen molar-refractivity contribution in [3.8, 4) is 0 Å². The Morgan fingerprint density at radius 1 is 1.30 bits per heavy atom. The van der Waals surface area contributed by atoms with Gasteiger partial charge in [-0.2, -0.15) is 0 Å². The third kappa shape index (κ3) is 3.18. The van der Waals surface area contributed by atoms with Gasteiger partial charge in [-0.1, -0.05) is 17.7 Å². The minimum atomic E-state index is -1.06. The van der Waals surface area contributed by atoms with Gasteiger partial charge >= 0.3 is 5.97 Å². The number of nitrogens with zero attached hydrogens (tertiary/aromatic N) is 1. The molecule has 0 spiro atoms. The van der Waals surface area contributed by atoms with Gasteiger partial charge in [-0.15, -0.1) is 11.8 Å². The van der Waals surface area contributed by atoms with Crippen LogP contribution in [-0.2, 0) is 11.3 Å². The summed E-state index contributed by atoms with van der Waals surface area (Å²) in [4.78, 5) is 25.7. The second kappa shape index (κ2) is 6.22. The van der Waals surface area contributed by atoms with E-state index in [-0.39, 0.29) is 28.8 Å². The highest BCUT2D eigenvalue weighted by atomic mass is 35.5. The van der Waals surface area contributed by atoms with E-state index >= 15 is 0 Å². The lowest BCUT2D eigenvalue weighted by molar-refractivity contribution is -0.116. The number of carboxylic acid groups (broad SMARTS) is 1. The predicted octanol–water partition coefficient (Wildman–Crippen LogP) is 3.82. The monoisotopic (exact) mass is 351 g/mol. The maximum absolute atomic E-state index is 13.1. The second-order valence-corrected chi connectivity index (χ2v) is 6.42. The van der Waals surface area contributed by atoms with Crippen LogP contribution >= 0.6 is 23.4 Å². The normalized spacial score (nSPS) is 13.8. The number of hydrogen-bond donors (Lipinski definition) is 1. The van der Waals surface area contributed by atoms with Crippen LogP contribution in [0.1, 0.15) is 15.9 Å². The average Bonchev–Trinajstić information content (AvgIpc) is 2.51. The molecule has 0 aromatic heterocycles. The Kier molecular flexibility index (Phi) is 4.28. The van der Waals surface area contributed by atoms with Crippen molar-refractivity contribution in [1.29, 1.82) is 0 Å². The van der Waals surface area contributed by atoms with Crippen molar-refractivity contribution in [2.75, 3.05) is 10.7 Å². The van der Waals surface area contributed by atoms with Gasteiger partial charge in [-0.25, -0.2) is 9.18 Å². The number of anilines is 1. The van der Waals surface area contributed by atoms with E-state index in [1.807, 2.05) is 0 Å². The molecule has 2 aromatic carbocycles. The fourth-order valence-electron chi connectivity index (χ4n) is 2.33. The topological polar surface area (TPSA) is 57.6 Å². The molecule has 0 bridgehead atoms. The van der Waals surface area contributed by atoms with E-state index in [2.05, 4.69) is 0 Å². The SMILES string of the molecule is O=C(O)c1ccc2c(c1)N(Cc1ccc(F)cc1Cl)C(=O)CS2. The van der Waals surface area contributed by atoms with Gasteiger partial charge < -0.3 is 10.0 Å². The molecule has 0 fully saturated rings. The molecule has 0 atom stereocenters. The molecule has 1 amide bonds. The van der Waals surface area contributed by atoms with Crippen LogP contribution in [0.5, 0.6) is 0 Å². The van der Waals surface area contributed by atoms with E-state index in [1.54, 1.807) is 6.07 Å². The molecule has 1 heterocycles. The molecule has 23 heavy (non-hydrogen) atoms. The second-order valence-electron chi connectivity index (χ2n) is 4.99. The molecule has 3 rings (SSSR count). The molecule has 0 saturated heterocycles. The summed E-state index contributed by atoms with van der Waals surface area (Å²) in [5.41, 5.74) is 1.24. The number of benzene rings is 2. The summed E-state index contributed by atoms with van der Waals surface area (Å²) in [6, 6.07) is 8.66. The molecule has 118 valence electrons. The maximum Gasteiger partial charge on any atom is 0.335 e. The molecule has 7 heteroatoms. The van der Waals surface area contributed by atoms with Crippen LogP contribution in [-0.4, -0.2) is 22.7 Å². The third-order valence-electron chi connectivity index (χ3n) is 3.49. The van der Waals surface area contributed by atoms with Crippen LogP contribution in [0.3, 0.4) is 0 Å². The first-order valence-electron chi connectivity index (χ1n) is 6.70. The van der Waals surface area contributed by atoms with Crippen LogP contribution in [0.2, 0.25) is 5.02 Å². The van der Waals surface area contributed by atoms with E-state index in [9.17, 15) is 14.0 Å². The lowest BCUT2D eigenvalue weighted by Crippen LogP contribution is -2.35. The summed E-state index contributed by atoms with van der Waals surface area (Å²) in [6.45, 7) is 0.161. The zero-order valence-corrected chi connectivity index (χ0v) is 13.3. The lowest BCUT2D eigenvalue weighted by atomic mass is 10.1. The maximum atomic E-state index is 13.1. The number of hydrogen-bond acceptors (Lipinski definition) is 3. The molecule has 1 aliphatic heterocycles. The first-order valence-corrected chi connectivity index (χ1v) is 8.06. The van der Waals surface area contributed by atoms with Crippen LogP contribution in [0.4, 0.5) is 10.1 Å². The minimum Gasteiger partial charge on any atom is -0.478 e. The number of thioether (sulfide) groups is 1. The van der Waals surface area contributed by atoms with E-state index < -0.39 is 11.8 Å². The van der Waals surface area contributed by atoms with E-state index in [4.69, 9.17) is 16.7 Å². The zero-order valence-electron chi connectivity index (χ0n) is 11.8. The molecule has 1 N–H and O–H groups in total. The Hall–Kier alpha value is -2.05. The Morgan fingerprint density at radius 2 is 2.09 bits per heavy atom. The van der Waals surface area contributed by atoms with Crippen molar-refractivity contribution in [3.05, 3.63) is 58.4 Å². The number of aromatic carboxylic acids is 1.